The Kier molecular flexibility index (Phi) is 7.21. The molecule has 2 rings (SSSR count). The molecule has 0 bridgehead atoms. The molecule has 0 aliphatic rings. The Morgan fingerprint density at radius 1 is 1.12 bits per heavy atom. The molecule has 4 nitrogen and oxygen atoms in total. The number of ether oxygens (including phenoxy) is 1. The summed E-state index contributed by atoms with van der Waals surface area (Å²) in [6.07, 6.45) is 4.75. The fourth-order valence-corrected chi connectivity index (χ4v) is 1.22. The second kappa shape index (κ2) is 7.84. The molecule has 0 amide bonds. The zero-order valence-corrected chi connectivity index (χ0v) is 10.6. The molecule has 0 radical (unpaired) electrons. The first-order chi connectivity index (χ1) is 7.40. The number of rotatable bonds is 3. The van der Waals surface area contributed by atoms with Gasteiger partial charge >= 0.3 is 0 Å². The van der Waals surface area contributed by atoms with E-state index in [1.807, 2.05) is 24.3 Å². The normalized spacial score (nSPS) is 8.76. The van der Waals surface area contributed by atoms with Crippen LogP contribution >= 0.6 is 24.8 Å². The van der Waals surface area contributed by atoms with Crippen LogP contribution in [-0.4, -0.2) is 9.97 Å². The van der Waals surface area contributed by atoms with Gasteiger partial charge in [0.25, 0.3) is 0 Å². The summed E-state index contributed by atoms with van der Waals surface area (Å²) in [6.45, 7) is 0.441. The van der Waals surface area contributed by atoms with Crippen LogP contribution in [-0.2, 0) is 6.54 Å². The third kappa shape index (κ3) is 4.19. The van der Waals surface area contributed by atoms with Crippen molar-refractivity contribution in [3.8, 4) is 11.6 Å². The van der Waals surface area contributed by atoms with Gasteiger partial charge in [0.05, 0.1) is 6.20 Å². The van der Waals surface area contributed by atoms with Gasteiger partial charge in [0.15, 0.2) is 0 Å². The summed E-state index contributed by atoms with van der Waals surface area (Å²) in [5.41, 5.74) is 6.54. The van der Waals surface area contributed by atoms with E-state index in [1.165, 1.54) is 0 Å². The van der Waals surface area contributed by atoms with Crippen molar-refractivity contribution in [1.29, 1.82) is 0 Å². The number of halogens is 2. The van der Waals surface area contributed by atoms with Crippen molar-refractivity contribution in [3.63, 3.8) is 0 Å². The third-order valence-corrected chi connectivity index (χ3v) is 1.95. The summed E-state index contributed by atoms with van der Waals surface area (Å²) in [4.78, 5) is 7.94. The number of nitrogens with zero attached hydrogens (tertiary/aromatic N) is 2. The molecule has 2 N–H and O–H groups in total. The number of aromatic nitrogens is 2. The summed E-state index contributed by atoms with van der Waals surface area (Å²) in [6, 6.07) is 7.60. The van der Waals surface area contributed by atoms with Crippen molar-refractivity contribution >= 4 is 24.8 Å². The lowest BCUT2D eigenvalue weighted by atomic mass is 10.2. The van der Waals surface area contributed by atoms with Crippen LogP contribution in [0.4, 0.5) is 0 Å². The lowest BCUT2D eigenvalue weighted by Crippen LogP contribution is -1.99. The van der Waals surface area contributed by atoms with E-state index < -0.39 is 0 Å². The van der Waals surface area contributed by atoms with Gasteiger partial charge in [-0.15, -0.1) is 24.8 Å². The molecule has 0 saturated heterocycles. The Morgan fingerprint density at radius 2 is 1.88 bits per heavy atom. The lowest BCUT2D eigenvalue weighted by molar-refractivity contribution is 0.454. The first-order valence-corrected chi connectivity index (χ1v) is 4.62. The molecule has 0 saturated carbocycles. The molecule has 0 aliphatic carbocycles. The summed E-state index contributed by atoms with van der Waals surface area (Å²) >= 11 is 0. The molecule has 6 heteroatoms. The van der Waals surface area contributed by atoms with E-state index in [0.717, 1.165) is 11.3 Å². The molecule has 0 atom stereocenters. The third-order valence-electron chi connectivity index (χ3n) is 1.95. The Labute approximate surface area is 112 Å². The second-order valence-corrected chi connectivity index (χ2v) is 2.96. The number of benzene rings is 1. The molecule has 17 heavy (non-hydrogen) atoms. The summed E-state index contributed by atoms with van der Waals surface area (Å²) < 4.78 is 5.55. The molecule has 2 aromatic rings. The van der Waals surface area contributed by atoms with Gasteiger partial charge in [-0.2, -0.15) is 0 Å². The maximum Gasteiger partial charge on any atom is 0.237 e. The Balaban J connectivity index is 0.00000128. The molecule has 0 spiro atoms. The van der Waals surface area contributed by atoms with Gasteiger partial charge in [-0.05, 0) is 6.07 Å². The lowest BCUT2D eigenvalue weighted by Gasteiger charge is -2.07. The summed E-state index contributed by atoms with van der Waals surface area (Å²) in [5, 5.41) is 0. The largest absolute Gasteiger partial charge is 0.437 e. The average Bonchev–Trinajstić information content (AvgIpc) is 2.31. The van der Waals surface area contributed by atoms with Crippen molar-refractivity contribution in [1.82, 2.24) is 9.97 Å². The SMILES string of the molecule is Cl.Cl.NCc1ccccc1Oc1cnccn1. The van der Waals surface area contributed by atoms with Crippen LogP contribution in [0.2, 0.25) is 0 Å². The van der Waals surface area contributed by atoms with Crippen LogP contribution < -0.4 is 10.5 Å². The Bertz CT molecular complexity index is 440. The molecule has 1 aromatic heterocycles. The predicted molar refractivity (Wildman–Crippen MR) is 70.9 cm³/mol. The van der Waals surface area contributed by atoms with Gasteiger partial charge < -0.3 is 10.5 Å². The van der Waals surface area contributed by atoms with E-state index in [2.05, 4.69) is 9.97 Å². The van der Waals surface area contributed by atoms with Crippen molar-refractivity contribution in [2.75, 3.05) is 0 Å². The van der Waals surface area contributed by atoms with Crippen molar-refractivity contribution in [3.05, 3.63) is 48.4 Å². The van der Waals surface area contributed by atoms with E-state index >= 15 is 0 Å². The Hall–Kier alpha value is -1.36. The summed E-state index contributed by atoms with van der Waals surface area (Å²) in [5.74, 6) is 1.19. The van der Waals surface area contributed by atoms with Crippen LogP contribution in [0.25, 0.3) is 0 Å². The zero-order valence-electron chi connectivity index (χ0n) is 8.95. The topological polar surface area (TPSA) is 61.0 Å². The average molecular weight is 274 g/mol. The molecule has 92 valence electrons. The predicted octanol–water partition coefficient (Wildman–Crippen LogP) is 2.57. The molecule has 1 aromatic carbocycles. The van der Waals surface area contributed by atoms with Gasteiger partial charge in [0, 0.05) is 24.5 Å². The Morgan fingerprint density at radius 3 is 2.53 bits per heavy atom. The van der Waals surface area contributed by atoms with E-state index in [9.17, 15) is 0 Å². The molecule has 0 unspecified atom stereocenters. The maximum absolute atomic E-state index is 5.59. The second-order valence-electron chi connectivity index (χ2n) is 2.96. The summed E-state index contributed by atoms with van der Waals surface area (Å²) in [7, 11) is 0. The maximum atomic E-state index is 5.59. The number of hydrogen-bond acceptors (Lipinski definition) is 4. The molecule has 1 heterocycles. The van der Waals surface area contributed by atoms with Crippen molar-refractivity contribution in [2.24, 2.45) is 5.73 Å². The smallest absolute Gasteiger partial charge is 0.237 e. The standard InChI is InChI=1S/C11H11N3O.2ClH/c12-7-9-3-1-2-4-10(9)15-11-8-13-5-6-14-11;;/h1-6,8H,7,12H2;2*1H. The number of para-hydroxylation sites is 1. The van der Waals surface area contributed by atoms with Gasteiger partial charge in [0.2, 0.25) is 5.88 Å². The van der Waals surface area contributed by atoms with Crippen LogP contribution in [0.15, 0.2) is 42.9 Å². The molecule has 0 fully saturated rings. The van der Waals surface area contributed by atoms with E-state index in [0.29, 0.717) is 12.4 Å². The van der Waals surface area contributed by atoms with Crippen LogP contribution in [0.3, 0.4) is 0 Å². The fraction of sp³-hybridized carbons (Fsp3) is 0.0909. The van der Waals surface area contributed by atoms with Gasteiger partial charge in [-0.1, -0.05) is 18.2 Å². The van der Waals surface area contributed by atoms with Crippen molar-refractivity contribution < 1.29 is 4.74 Å². The first kappa shape index (κ1) is 15.6. The quantitative estimate of drug-likeness (QED) is 0.934. The number of hydrogen-bond donors (Lipinski definition) is 1. The van der Waals surface area contributed by atoms with E-state index in [-0.39, 0.29) is 24.8 Å². The monoisotopic (exact) mass is 273 g/mol. The minimum atomic E-state index is 0. The molecule has 0 aliphatic heterocycles. The van der Waals surface area contributed by atoms with Crippen LogP contribution in [0, 0.1) is 0 Å². The van der Waals surface area contributed by atoms with E-state index in [1.54, 1.807) is 18.6 Å². The molecular formula is C11H13Cl2N3O. The first-order valence-electron chi connectivity index (χ1n) is 4.62. The van der Waals surface area contributed by atoms with E-state index in [4.69, 9.17) is 10.5 Å². The highest BCUT2D eigenvalue weighted by Crippen LogP contribution is 2.22. The van der Waals surface area contributed by atoms with Gasteiger partial charge in [-0.3, -0.25) is 4.98 Å². The minimum Gasteiger partial charge on any atom is -0.437 e. The van der Waals surface area contributed by atoms with Crippen molar-refractivity contribution in [2.45, 2.75) is 6.54 Å². The minimum absolute atomic E-state index is 0. The van der Waals surface area contributed by atoms with Gasteiger partial charge in [-0.25, -0.2) is 4.98 Å². The molecular weight excluding hydrogens is 261 g/mol. The zero-order chi connectivity index (χ0) is 10.5. The highest BCUT2D eigenvalue weighted by atomic mass is 35.5. The van der Waals surface area contributed by atoms with Crippen LogP contribution in [0.5, 0.6) is 11.6 Å². The highest BCUT2D eigenvalue weighted by molar-refractivity contribution is 5.85. The fourth-order valence-electron chi connectivity index (χ4n) is 1.22. The number of nitrogens with two attached hydrogens (primary N) is 1. The van der Waals surface area contributed by atoms with Crippen LogP contribution in [0.1, 0.15) is 5.56 Å². The highest BCUT2D eigenvalue weighted by Gasteiger charge is 2.02. The van der Waals surface area contributed by atoms with Gasteiger partial charge in [0.1, 0.15) is 5.75 Å².